The molecule has 76 valence electrons. The Balaban J connectivity index is 0. The van der Waals surface area contributed by atoms with Gasteiger partial charge in [-0.15, -0.1) is 0 Å². The van der Waals surface area contributed by atoms with Gasteiger partial charge in [0.05, 0.1) is 13.2 Å². The van der Waals surface area contributed by atoms with Crippen LogP contribution in [0.4, 0.5) is 0 Å². The van der Waals surface area contributed by atoms with Gasteiger partial charge in [-0.2, -0.15) is 0 Å². The maximum Gasteiger partial charge on any atom is 0.319 e. The first-order valence-corrected chi connectivity index (χ1v) is 5.23. The van der Waals surface area contributed by atoms with Gasteiger partial charge < -0.3 is 20.5 Å². The third-order valence-corrected chi connectivity index (χ3v) is 2.02. The predicted molar refractivity (Wildman–Crippen MR) is 54.0 cm³/mol. The average Bonchev–Trinajstić information content (AvgIpc) is 2.33. The quantitative estimate of drug-likeness (QED) is 0.483. The van der Waals surface area contributed by atoms with Gasteiger partial charge in [-0.1, -0.05) is 0 Å². The van der Waals surface area contributed by atoms with E-state index in [-0.39, 0.29) is 37.7 Å². The predicted octanol–water partition coefficient (Wildman–Crippen LogP) is -0.274. The Morgan fingerprint density at radius 3 is 1.77 bits per heavy atom. The van der Waals surface area contributed by atoms with Gasteiger partial charge in [-0.3, -0.25) is 4.57 Å². The first kappa shape index (κ1) is 16.7. The van der Waals surface area contributed by atoms with Crippen LogP contribution in [0.3, 0.4) is 0 Å². The van der Waals surface area contributed by atoms with Crippen molar-refractivity contribution in [3.8, 4) is 0 Å². The summed E-state index contributed by atoms with van der Waals surface area (Å²) in [4.78, 5) is 0. The first-order valence-electron chi connectivity index (χ1n) is 4.01. The first-order chi connectivity index (χ1) is 5.81. The van der Waals surface area contributed by atoms with Gasteiger partial charge in [-0.05, 0) is 12.8 Å². The van der Waals surface area contributed by atoms with E-state index in [4.69, 9.17) is 20.5 Å². The Labute approximate surface area is 109 Å². The summed E-state index contributed by atoms with van der Waals surface area (Å²) in [6, 6.07) is 0. The number of nitrogens with two attached hydrogens (primary N) is 2. The van der Waals surface area contributed by atoms with E-state index in [1.54, 1.807) is 0 Å². The third-order valence-electron chi connectivity index (χ3n) is 1.15. The molecule has 0 aromatic rings. The summed E-state index contributed by atoms with van der Waals surface area (Å²) in [6.07, 6.45) is 1.94. The average molecular weight is 236 g/mol. The minimum atomic E-state index is -2.08. The van der Waals surface area contributed by atoms with Crippen LogP contribution in [0.25, 0.3) is 0 Å². The zero-order valence-corrected chi connectivity index (χ0v) is 11.0. The van der Waals surface area contributed by atoms with Crippen LogP contribution in [0.1, 0.15) is 12.8 Å². The topological polar surface area (TPSA) is 87.6 Å². The van der Waals surface area contributed by atoms with Crippen molar-refractivity contribution in [2.24, 2.45) is 11.5 Å². The number of hydrogen-bond donors (Lipinski definition) is 2. The number of rotatable bonds is 1. The van der Waals surface area contributed by atoms with Crippen LogP contribution in [0.5, 0.6) is 0 Å². The Bertz CT molecular complexity index is 116. The molecule has 0 spiro atoms. The molecule has 0 aromatic heterocycles. The second-order valence-corrected chi connectivity index (χ2v) is 3.31. The molecule has 1 aliphatic heterocycles. The van der Waals surface area contributed by atoms with Crippen LogP contribution >= 0.6 is 8.25 Å². The molecule has 1 heterocycles. The molecule has 4 N–H and O–H groups in total. The minimum absolute atomic E-state index is 0. The van der Waals surface area contributed by atoms with E-state index in [9.17, 15) is 4.57 Å². The van der Waals surface area contributed by atoms with E-state index < -0.39 is 8.25 Å². The smallest absolute Gasteiger partial charge is 0.319 e. The van der Waals surface area contributed by atoms with Crippen LogP contribution < -0.4 is 11.5 Å². The van der Waals surface area contributed by atoms with E-state index >= 15 is 0 Å². The zero-order chi connectivity index (χ0) is 9.23. The zero-order valence-electron chi connectivity index (χ0n) is 7.83. The molecule has 0 aliphatic carbocycles. The van der Waals surface area contributed by atoms with E-state index in [1.807, 2.05) is 0 Å². The van der Waals surface area contributed by atoms with Crippen molar-refractivity contribution >= 4 is 46.0 Å². The van der Waals surface area contributed by atoms with Crippen LogP contribution in [-0.4, -0.2) is 64.0 Å². The van der Waals surface area contributed by atoms with Crippen LogP contribution in [0.15, 0.2) is 0 Å². The standard InChI is InChI=1S/C4H9O3P.C2H8N2.Ca/c5-8-6-3-1-2-4-7-8;3-1-2-4;/h8H,1-4H2;1-4H2;. The molecule has 0 saturated carbocycles. The molecular formula is C6H17CaN2O3P. The Morgan fingerprint density at radius 2 is 1.46 bits per heavy atom. The second kappa shape index (κ2) is 13.3. The fourth-order valence-corrected chi connectivity index (χ4v) is 1.26. The fraction of sp³-hybridized carbons (Fsp3) is 1.00. The van der Waals surface area contributed by atoms with Crippen LogP contribution in [-0.2, 0) is 13.6 Å². The minimum Gasteiger partial charge on any atom is -0.329 e. The molecule has 1 saturated heterocycles. The van der Waals surface area contributed by atoms with Crippen molar-refractivity contribution in [2.45, 2.75) is 12.8 Å². The van der Waals surface area contributed by atoms with Crippen molar-refractivity contribution in [1.82, 2.24) is 0 Å². The molecular weight excluding hydrogens is 219 g/mol. The Hall–Kier alpha value is 1.33. The Morgan fingerprint density at radius 1 is 1.08 bits per heavy atom. The van der Waals surface area contributed by atoms with Gasteiger partial charge in [0.25, 0.3) is 0 Å². The third kappa shape index (κ3) is 13.3. The van der Waals surface area contributed by atoms with Gasteiger partial charge >= 0.3 is 8.25 Å². The molecule has 0 amide bonds. The van der Waals surface area contributed by atoms with E-state index in [0.717, 1.165) is 12.8 Å². The molecule has 1 rings (SSSR count). The van der Waals surface area contributed by atoms with Gasteiger partial charge in [0, 0.05) is 50.8 Å². The summed E-state index contributed by atoms with van der Waals surface area (Å²) < 4.78 is 19.9. The summed E-state index contributed by atoms with van der Waals surface area (Å²) in [6.45, 7) is 2.38. The maximum atomic E-state index is 10.4. The van der Waals surface area contributed by atoms with Gasteiger partial charge in [0.1, 0.15) is 0 Å². The van der Waals surface area contributed by atoms with Crippen molar-refractivity contribution < 1.29 is 13.6 Å². The molecule has 5 nitrogen and oxygen atoms in total. The molecule has 13 heavy (non-hydrogen) atoms. The van der Waals surface area contributed by atoms with E-state index in [1.165, 1.54) is 0 Å². The summed E-state index contributed by atoms with van der Waals surface area (Å²) in [7, 11) is -2.08. The molecule has 0 bridgehead atoms. The van der Waals surface area contributed by atoms with Gasteiger partial charge in [0.15, 0.2) is 0 Å². The SMILES string of the molecule is NCCN.O=[PH]1OCCCCO1.[Ca]. The molecule has 0 atom stereocenters. The van der Waals surface area contributed by atoms with Crippen molar-refractivity contribution in [3.63, 3.8) is 0 Å². The molecule has 1 aliphatic rings. The number of hydrogen-bond acceptors (Lipinski definition) is 5. The maximum absolute atomic E-state index is 10.4. The summed E-state index contributed by atoms with van der Waals surface area (Å²) in [5.41, 5.74) is 9.81. The van der Waals surface area contributed by atoms with E-state index in [2.05, 4.69) is 0 Å². The van der Waals surface area contributed by atoms with Crippen LogP contribution in [0.2, 0.25) is 0 Å². The molecule has 1 fully saturated rings. The molecule has 0 aromatic carbocycles. The van der Waals surface area contributed by atoms with Gasteiger partial charge in [-0.25, -0.2) is 0 Å². The van der Waals surface area contributed by atoms with Crippen molar-refractivity contribution in [3.05, 3.63) is 0 Å². The van der Waals surface area contributed by atoms with Gasteiger partial charge in [0.2, 0.25) is 0 Å². The fourth-order valence-electron chi connectivity index (χ4n) is 0.557. The van der Waals surface area contributed by atoms with Crippen molar-refractivity contribution in [2.75, 3.05) is 26.3 Å². The second-order valence-electron chi connectivity index (χ2n) is 2.23. The normalized spacial score (nSPS) is 17.7. The Kier molecular flexibility index (Phi) is 17.2. The molecule has 7 heteroatoms. The molecule has 2 radical (unpaired) electrons. The van der Waals surface area contributed by atoms with E-state index in [0.29, 0.717) is 26.3 Å². The van der Waals surface area contributed by atoms with Crippen molar-refractivity contribution in [1.29, 1.82) is 0 Å². The monoisotopic (exact) mass is 236 g/mol. The summed E-state index contributed by atoms with van der Waals surface area (Å²) in [5.74, 6) is 0. The summed E-state index contributed by atoms with van der Waals surface area (Å²) in [5, 5.41) is 0. The summed E-state index contributed by atoms with van der Waals surface area (Å²) >= 11 is 0. The van der Waals surface area contributed by atoms with Crippen LogP contribution in [0, 0.1) is 0 Å². The molecule has 0 unspecified atom stereocenters. The largest absolute Gasteiger partial charge is 0.329 e.